The van der Waals surface area contributed by atoms with E-state index < -0.39 is 0 Å². The lowest BCUT2D eigenvalue weighted by Gasteiger charge is -2.26. The fraction of sp³-hybridized carbons (Fsp3) is 0.385. The van der Waals surface area contributed by atoms with E-state index >= 15 is 0 Å². The van der Waals surface area contributed by atoms with E-state index in [0.717, 1.165) is 36.7 Å². The molecular weight excluding hydrogens is 214 g/mol. The Kier molecular flexibility index (Phi) is 2.44. The van der Waals surface area contributed by atoms with Gasteiger partial charge >= 0.3 is 0 Å². The molecule has 0 spiro atoms. The topological polar surface area (TPSA) is 38.2 Å². The quantitative estimate of drug-likeness (QED) is 0.739. The average Bonchev–Trinajstić information content (AvgIpc) is 3.00. The molecular formula is C13H15N3O. The Balaban J connectivity index is 1.81. The molecule has 0 aliphatic carbocycles. The smallest absolute Gasteiger partial charge is 0.225 e. The number of hydrogen-bond donors (Lipinski definition) is 0. The summed E-state index contributed by atoms with van der Waals surface area (Å²) in [5, 5.41) is 0. The molecule has 0 aromatic carbocycles. The molecule has 0 N–H and O–H groups in total. The highest BCUT2D eigenvalue weighted by atomic mass is 16.5. The summed E-state index contributed by atoms with van der Waals surface area (Å²) in [7, 11) is 0. The molecule has 4 nitrogen and oxygen atoms in total. The molecule has 4 heteroatoms. The van der Waals surface area contributed by atoms with Crippen LogP contribution in [-0.4, -0.2) is 35.3 Å². The van der Waals surface area contributed by atoms with Crippen molar-refractivity contribution in [3.8, 4) is 0 Å². The number of allylic oxidation sites excluding steroid dienone is 2. The van der Waals surface area contributed by atoms with Crippen molar-refractivity contribution in [2.75, 3.05) is 18.1 Å². The van der Waals surface area contributed by atoms with Crippen molar-refractivity contribution in [3.05, 3.63) is 37.2 Å². The van der Waals surface area contributed by atoms with Gasteiger partial charge in [-0.15, -0.1) is 0 Å². The molecule has 1 aromatic heterocycles. The van der Waals surface area contributed by atoms with Crippen LogP contribution in [0.2, 0.25) is 0 Å². The first-order chi connectivity index (χ1) is 8.28. The minimum absolute atomic E-state index is 0.367. The lowest BCUT2D eigenvalue weighted by atomic mass is 10.2. The third kappa shape index (κ3) is 1.74. The molecule has 17 heavy (non-hydrogen) atoms. The van der Waals surface area contributed by atoms with Gasteiger partial charge < -0.3 is 9.64 Å². The van der Waals surface area contributed by atoms with E-state index in [1.165, 1.54) is 0 Å². The predicted octanol–water partition coefficient (Wildman–Crippen LogP) is 1.65. The summed E-state index contributed by atoms with van der Waals surface area (Å²) < 4.78 is 5.56. The van der Waals surface area contributed by atoms with Crippen LogP contribution in [0.25, 0.3) is 5.57 Å². The predicted molar refractivity (Wildman–Crippen MR) is 66.8 cm³/mol. The Morgan fingerprint density at radius 2 is 2.24 bits per heavy atom. The van der Waals surface area contributed by atoms with Gasteiger partial charge in [-0.1, -0.05) is 19.2 Å². The summed E-state index contributed by atoms with van der Waals surface area (Å²) in [6, 6.07) is 0.452. The van der Waals surface area contributed by atoms with Gasteiger partial charge in [0.25, 0.3) is 0 Å². The van der Waals surface area contributed by atoms with E-state index in [9.17, 15) is 0 Å². The zero-order valence-corrected chi connectivity index (χ0v) is 9.67. The summed E-state index contributed by atoms with van der Waals surface area (Å²) in [4.78, 5) is 11.0. The standard InChI is InChI=1S/C13H15N3O/c1-3-9(2)10-5-14-13(15-6-10)16-7-12-4-11(16)8-17-12/h3,5-6,11-12H,1-2,4,7-8H2/t11-,12-/m0/s1. The van der Waals surface area contributed by atoms with Gasteiger partial charge in [-0.25, -0.2) is 9.97 Å². The van der Waals surface area contributed by atoms with Crippen molar-refractivity contribution in [1.29, 1.82) is 0 Å². The van der Waals surface area contributed by atoms with Crippen molar-refractivity contribution in [2.45, 2.75) is 18.6 Å². The summed E-state index contributed by atoms with van der Waals surface area (Å²) in [6.07, 6.45) is 6.79. The fourth-order valence-corrected chi connectivity index (χ4v) is 2.40. The molecule has 3 heterocycles. The number of rotatable bonds is 3. The number of anilines is 1. The van der Waals surface area contributed by atoms with Crippen molar-refractivity contribution in [2.24, 2.45) is 0 Å². The Bertz CT molecular complexity index is 454. The SMILES string of the molecule is C=CC(=C)c1cnc(N2C[C@@H]3C[C@H]2CO3)nc1. The lowest BCUT2D eigenvalue weighted by Crippen LogP contribution is -2.38. The number of morpholine rings is 1. The van der Waals surface area contributed by atoms with E-state index in [-0.39, 0.29) is 0 Å². The van der Waals surface area contributed by atoms with Crippen LogP contribution in [0, 0.1) is 0 Å². The van der Waals surface area contributed by atoms with Crippen molar-refractivity contribution in [1.82, 2.24) is 9.97 Å². The van der Waals surface area contributed by atoms with Crippen LogP contribution in [0.3, 0.4) is 0 Å². The zero-order chi connectivity index (χ0) is 11.8. The van der Waals surface area contributed by atoms with Crippen molar-refractivity contribution in [3.63, 3.8) is 0 Å². The van der Waals surface area contributed by atoms with E-state index in [0.29, 0.717) is 12.1 Å². The molecule has 0 unspecified atom stereocenters. The van der Waals surface area contributed by atoms with Gasteiger partial charge in [0.05, 0.1) is 18.8 Å². The monoisotopic (exact) mass is 229 g/mol. The average molecular weight is 229 g/mol. The highest BCUT2D eigenvalue weighted by Gasteiger charge is 2.40. The van der Waals surface area contributed by atoms with E-state index in [1.807, 2.05) is 0 Å². The van der Waals surface area contributed by atoms with Gasteiger partial charge in [-0.05, 0) is 12.0 Å². The maximum Gasteiger partial charge on any atom is 0.225 e. The summed E-state index contributed by atoms with van der Waals surface area (Å²) in [6.45, 7) is 9.27. The third-order valence-electron chi connectivity index (χ3n) is 3.41. The van der Waals surface area contributed by atoms with E-state index in [2.05, 4.69) is 28.0 Å². The summed E-state index contributed by atoms with van der Waals surface area (Å²) >= 11 is 0. The van der Waals surface area contributed by atoms with Gasteiger partial charge in [0, 0.05) is 24.5 Å². The summed E-state index contributed by atoms with van der Waals surface area (Å²) in [5.41, 5.74) is 1.77. The number of fused-ring (bicyclic) bond motifs is 2. The highest BCUT2D eigenvalue weighted by Crippen LogP contribution is 2.30. The fourth-order valence-electron chi connectivity index (χ4n) is 2.40. The minimum atomic E-state index is 0.367. The first-order valence-electron chi connectivity index (χ1n) is 5.80. The molecule has 2 aliphatic heterocycles. The molecule has 0 amide bonds. The molecule has 0 radical (unpaired) electrons. The molecule has 0 saturated carbocycles. The van der Waals surface area contributed by atoms with Gasteiger partial charge in [-0.2, -0.15) is 0 Å². The Hall–Kier alpha value is -1.68. The Labute approximate surface area is 101 Å². The summed E-state index contributed by atoms with van der Waals surface area (Å²) in [5.74, 6) is 0.793. The first-order valence-corrected chi connectivity index (χ1v) is 5.80. The van der Waals surface area contributed by atoms with Gasteiger partial charge in [-0.3, -0.25) is 0 Å². The van der Waals surface area contributed by atoms with Crippen LogP contribution in [-0.2, 0) is 4.74 Å². The van der Waals surface area contributed by atoms with Crippen LogP contribution < -0.4 is 4.90 Å². The van der Waals surface area contributed by atoms with Crippen LogP contribution in [0.1, 0.15) is 12.0 Å². The van der Waals surface area contributed by atoms with E-state index in [4.69, 9.17) is 4.74 Å². The van der Waals surface area contributed by atoms with Crippen LogP contribution in [0.15, 0.2) is 31.6 Å². The van der Waals surface area contributed by atoms with Crippen LogP contribution in [0.4, 0.5) is 5.95 Å². The van der Waals surface area contributed by atoms with E-state index in [1.54, 1.807) is 18.5 Å². The van der Waals surface area contributed by atoms with Gasteiger partial charge in [0.1, 0.15) is 0 Å². The molecule has 88 valence electrons. The second-order valence-electron chi connectivity index (χ2n) is 4.50. The molecule has 3 rings (SSSR count). The molecule has 2 atom stereocenters. The number of nitrogens with zero attached hydrogens (tertiary/aromatic N) is 3. The minimum Gasteiger partial charge on any atom is -0.374 e. The molecule has 2 bridgehead atoms. The molecule has 2 fully saturated rings. The largest absolute Gasteiger partial charge is 0.374 e. The third-order valence-corrected chi connectivity index (χ3v) is 3.41. The first kappa shape index (κ1) is 10.5. The second kappa shape index (κ2) is 3.96. The Morgan fingerprint density at radius 1 is 1.47 bits per heavy atom. The van der Waals surface area contributed by atoms with Crippen LogP contribution >= 0.6 is 0 Å². The number of aromatic nitrogens is 2. The van der Waals surface area contributed by atoms with Crippen molar-refractivity contribution >= 4 is 11.5 Å². The number of hydrogen-bond acceptors (Lipinski definition) is 4. The highest BCUT2D eigenvalue weighted by molar-refractivity contribution is 5.70. The molecule has 2 saturated heterocycles. The maximum absolute atomic E-state index is 5.56. The molecule has 1 aromatic rings. The van der Waals surface area contributed by atoms with Crippen LogP contribution in [0.5, 0.6) is 0 Å². The van der Waals surface area contributed by atoms with Crippen molar-refractivity contribution < 1.29 is 4.74 Å². The second-order valence-corrected chi connectivity index (χ2v) is 4.50. The van der Waals surface area contributed by atoms with Gasteiger partial charge in [0.15, 0.2) is 0 Å². The van der Waals surface area contributed by atoms with Gasteiger partial charge in [0.2, 0.25) is 5.95 Å². The molecule has 2 aliphatic rings. The number of ether oxygens (including phenoxy) is 1. The zero-order valence-electron chi connectivity index (χ0n) is 9.67. The lowest BCUT2D eigenvalue weighted by molar-refractivity contribution is 0.0986. The maximum atomic E-state index is 5.56. The normalized spacial score (nSPS) is 26.2. The Morgan fingerprint density at radius 3 is 2.76 bits per heavy atom.